The van der Waals surface area contributed by atoms with Gasteiger partial charge in [-0.05, 0) is 12.3 Å². The zero-order valence-electron chi connectivity index (χ0n) is 7.84. The molecule has 0 fully saturated rings. The van der Waals surface area contributed by atoms with Gasteiger partial charge in [0.05, 0.1) is 0 Å². The zero-order chi connectivity index (χ0) is 9.40. The van der Waals surface area contributed by atoms with Crippen molar-refractivity contribution in [3.63, 3.8) is 0 Å². The highest BCUT2D eigenvalue weighted by Gasteiger charge is 2.03. The lowest BCUT2D eigenvalue weighted by atomic mass is 9.97. The molecule has 0 aliphatic heterocycles. The lowest BCUT2D eigenvalue weighted by molar-refractivity contribution is 0.428. The van der Waals surface area contributed by atoms with Crippen molar-refractivity contribution >= 4 is 11.3 Å². The van der Waals surface area contributed by atoms with Crippen molar-refractivity contribution in [1.29, 1.82) is 0 Å². The first-order chi connectivity index (χ1) is 5.70. The molecule has 4 heteroatoms. The first-order valence-electron chi connectivity index (χ1n) is 4.53. The van der Waals surface area contributed by atoms with Crippen molar-refractivity contribution in [1.82, 2.24) is 4.72 Å². The fourth-order valence-electron chi connectivity index (χ4n) is 1.31. The van der Waals surface area contributed by atoms with Crippen LogP contribution in [0.1, 0.15) is 39.5 Å². The van der Waals surface area contributed by atoms with Crippen LogP contribution in [0.3, 0.4) is 0 Å². The van der Waals surface area contributed by atoms with Crippen LogP contribution < -0.4 is 4.72 Å². The topological polar surface area (TPSA) is 52.2 Å². The first-order valence-corrected chi connectivity index (χ1v) is 5.60. The molecule has 0 aromatic carbocycles. The van der Waals surface area contributed by atoms with E-state index >= 15 is 0 Å². The summed E-state index contributed by atoms with van der Waals surface area (Å²) in [7, 11) is 0. The van der Waals surface area contributed by atoms with E-state index < -0.39 is 11.3 Å². The van der Waals surface area contributed by atoms with E-state index in [2.05, 4.69) is 18.6 Å². The summed E-state index contributed by atoms with van der Waals surface area (Å²) in [4.78, 5) is 0. The lowest BCUT2D eigenvalue weighted by Gasteiger charge is -2.14. The first kappa shape index (κ1) is 12.1. The molecule has 0 spiro atoms. The largest absolute Gasteiger partial charge is 0.760 e. The van der Waals surface area contributed by atoms with Gasteiger partial charge in [0.2, 0.25) is 0 Å². The van der Waals surface area contributed by atoms with Gasteiger partial charge in [-0.2, -0.15) is 0 Å². The maximum Gasteiger partial charge on any atom is 0.0181 e. The molecule has 2 unspecified atom stereocenters. The predicted octanol–water partition coefficient (Wildman–Crippen LogP) is 1.59. The van der Waals surface area contributed by atoms with Crippen molar-refractivity contribution in [3.8, 4) is 0 Å². The normalized spacial score (nSPS) is 15.9. The zero-order valence-corrected chi connectivity index (χ0v) is 8.65. The van der Waals surface area contributed by atoms with Crippen LogP contribution in [0, 0.1) is 5.92 Å². The van der Waals surface area contributed by atoms with Gasteiger partial charge in [0.15, 0.2) is 0 Å². The van der Waals surface area contributed by atoms with Crippen molar-refractivity contribution in [2.45, 2.75) is 39.5 Å². The Balaban J connectivity index is 3.37. The Morgan fingerprint density at radius 1 is 1.42 bits per heavy atom. The van der Waals surface area contributed by atoms with Crippen LogP contribution in [0.5, 0.6) is 0 Å². The molecule has 0 bridgehead atoms. The minimum absolute atomic E-state index is 0.578. The molecular formula is C8H18NO2S-. The lowest BCUT2D eigenvalue weighted by Crippen LogP contribution is -2.20. The number of hydrogen-bond donors (Lipinski definition) is 1. The molecule has 1 N–H and O–H groups in total. The van der Waals surface area contributed by atoms with Gasteiger partial charge >= 0.3 is 0 Å². The van der Waals surface area contributed by atoms with Gasteiger partial charge in [-0.15, -0.1) is 0 Å². The average molecular weight is 192 g/mol. The second-order valence-corrected chi connectivity index (χ2v) is 3.74. The molecule has 12 heavy (non-hydrogen) atoms. The standard InChI is InChI=1S/C8H19NO2S/c1-3-5-8(4-2)6-7-9-12(10)11/h8-9H,3-7H2,1-2H3,(H,10,11)/p-1. The highest BCUT2D eigenvalue weighted by molar-refractivity contribution is 7.77. The van der Waals surface area contributed by atoms with E-state index in [-0.39, 0.29) is 0 Å². The van der Waals surface area contributed by atoms with Gasteiger partial charge in [-0.3, -0.25) is 4.21 Å². The monoisotopic (exact) mass is 192 g/mol. The Morgan fingerprint density at radius 2 is 2.08 bits per heavy atom. The van der Waals surface area contributed by atoms with Crippen LogP contribution in [-0.4, -0.2) is 15.3 Å². The highest BCUT2D eigenvalue weighted by Crippen LogP contribution is 2.13. The summed E-state index contributed by atoms with van der Waals surface area (Å²) in [5.74, 6) is 0.672. The Labute approximate surface area is 77.4 Å². The third kappa shape index (κ3) is 6.76. The van der Waals surface area contributed by atoms with Crippen LogP contribution in [0.15, 0.2) is 0 Å². The van der Waals surface area contributed by atoms with E-state index in [0.717, 1.165) is 12.8 Å². The highest BCUT2D eigenvalue weighted by atomic mass is 32.2. The number of rotatable bonds is 7. The van der Waals surface area contributed by atoms with E-state index in [0.29, 0.717) is 12.5 Å². The molecule has 74 valence electrons. The second-order valence-electron chi connectivity index (χ2n) is 2.98. The van der Waals surface area contributed by atoms with E-state index in [1.165, 1.54) is 12.8 Å². The smallest absolute Gasteiger partial charge is 0.0181 e. The molecule has 0 radical (unpaired) electrons. The summed E-state index contributed by atoms with van der Waals surface area (Å²) in [6.45, 7) is 4.88. The van der Waals surface area contributed by atoms with Crippen LogP contribution in [0.2, 0.25) is 0 Å². The Bertz CT molecular complexity index is 130. The van der Waals surface area contributed by atoms with E-state index in [1.54, 1.807) is 0 Å². The second kappa shape index (κ2) is 7.71. The van der Waals surface area contributed by atoms with Crippen molar-refractivity contribution in [3.05, 3.63) is 0 Å². The Kier molecular flexibility index (Phi) is 7.75. The van der Waals surface area contributed by atoms with Crippen LogP contribution in [0.25, 0.3) is 0 Å². The molecule has 0 aliphatic carbocycles. The molecule has 0 aromatic heterocycles. The van der Waals surface area contributed by atoms with Gasteiger partial charge in [0.1, 0.15) is 0 Å². The van der Waals surface area contributed by atoms with E-state index in [9.17, 15) is 8.76 Å². The quantitative estimate of drug-likeness (QED) is 0.623. The number of hydrogen-bond acceptors (Lipinski definition) is 2. The van der Waals surface area contributed by atoms with Crippen molar-refractivity contribution < 1.29 is 8.76 Å². The molecule has 2 atom stereocenters. The van der Waals surface area contributed by atoms with Crippen LogP contribution >= 0.6 is 0 Å². The molecular weight excluding hydrogens is 174 g/mol. The summed E-state index contributed by atoms with van der Waals surface area (Å²) in [6, 6.07) is 0. The summed E-state index contributed by atoms with van der Waals surface area (Å²) in [5, 5.41) is 0. The molecule has 0 aliphatic rings. The van der Waals surface area contributed by atoms with E-state index in [1.807, 2.05) is 0 Å². The number of nitrogens with one attached hydrogen (secondary N) is 1. The molecule has 0 aromatic rings. The summed E-state index contributed by atoms with van der Waals surface area (Å²) in [5.41, 5.74) is 0. The van der Waals surface area contributed by atoms with Crippen molar-refractivity contribution in [2.75, 3.05) is 6.54 Å². The Morgan fingerprint density at radius 3 is 2.50 bits per heavy atom. The summed E-state index contributed by atoms with van der Waals surface area (Å²) in [6.07, 6.45) is 4.47. The van der Waals surface area contributed by atoms with E-state index in [4.69, 9.17) is 0 Å². The minimum atomic E-state index is -2.09. The summed E-state index contributed by atoms with van der Waals surface area (Å²) < 4.78 is 22.6. The predicted molar refractivity (Wildman–Crippen MR) is 50.2 cm³/mol. The molecule has 0 saturated heterocycles. The van der Waals surface area contributed by atoms with Crippen molar-refractivity contribution in [2.24, 2.45) is 5.92 Å². The third-order valence-corrected chi connectivity index (χ3v) is 2.49. The Hall–Kier alpha value is 0.0700. The molecule has 0 saturated carbocycles. The van der Waals surface area contributed by atoms with Gasteiger partial charge in [-0.25, -0.2) is 4.72 Å². The summed E-state index contributed by atoms with van der Waals surface area (Å²) >= 11 is -2.09. The van der Waals surface area contributed by atoms with Crippen LogP contribution in [-0.2, 0) is 11.3 Å². The maximum absolute atomic E-state index is 10.1. The molecule has 0 rings (SSSR count). The molecule has 0 amide bonds. The average Bonchev–Trinajstić information content (AvgIpc) is 2.02. The van der Waals surface area contributed by atoms with Crippen LogP contribution in [0.4, 0.5) is 0 Å². The van der Waals surface area contributed by atoms with Gasteiger partial charge < -0.3 is 4.55 Å². The molecule has 0 heterocycles. The molecule has 3 nitrogen and oxygen atoms in total. The van der Waals surface area contributed by atoms with Gasteiger partial charge in [0.25, 0.3) is 0 Å². The van der Waals surface area contributed by atoms with Gasteiger partial charge in [0, 0.05) is 17.8 Å². The van der Waals surface area contributed by atoms with Gasteiger partial charge in [-0.1, -0.05) is 33.1 Å². The minimum Gasteiger partial charge on any atom is -0.760 e. The SMILES string of the molecule is CCCC(CC)CCNS(=O)[O-]. The third-order valence-electron chi connectivity index (χ3n) is 2.05. The maximum atomic E-state index is 10.1. The fourth-order valence-corrected chi connectivity index (χ4v) is 1.59. The fraction of sp³-hybridized carbons (Fsp3) is 1.00.